The molecule has 1 aromatic rings. The second-order valence-electron chi connectivity index (χ2n) is 3.06. The highest BCUT2D eigenvalue weighted by Crippen LogP contribution is 2.33. The number of aliphatic hydroxyl groups excluding tert-OH is 1. The second-order valence-corrected chi connectivity index (χ2v) is 3.06. The minimum atomic E-state index is -4.49. The molecule has 15 heavy (non-hydrogen) atoms. The number of alkyl halides is 3. The van der Waals surface area contributed by atoms with Crippen LogP contribution in [0, 0.1) is 0 Å². The van der Waals surface area contributed by atoms with Crippen LogP contribution < -0.4 is 5.73 Å². The predicted molar refractivity (Wildman–Crippen MR) is 47.1 cm³/mol. The number of benzene rings is 1. The Balaban J connectivity index is 3.17. The molecule has 0 aliphatic heterocycles. The van der Waals surface area contributed by atoms with Gasteiger partial charge < -0.3 is 15.9 Å². The van der Waals surface area contributed by atoms with Gasteiger partial charge in [0.05, 0.1) is 18.2 Å². The Bertz CT molecular complexity index is 352. The van der Waals surface area contributed by atoms with E-state index in [-0.39, 0.29) is 11.3 Å². The van der Waals surface area contributed by atoms with E-state index in [1.54, 1.807) is 0 Å². The third-order valence-electron chi connectivity index (χ3n) is 1.95. The van der Waals surface area contributed by atoms with E-state index in [1.165, 1.54) is 0 Å². The van der Waals surface area contributed by atoms with Crippen LogP contribution in [0.3, 0.4) is 0 Å². The molecule has 0 saturated carbocycles. The minimum Gasteiger partial charge on any atom is -0.508 e. The molecular weight excluding hydrogens is 211 g/mol. The van der Waals surface area contributed by atoms with Crippen LogP contribution in [-0.2, 0) is 6.18 Å². The van der Waals surface area contributed by atoms with Crippen molar-refractivity contribution in [3.05, 3.63) is 29.3 Å². The summed E-state index contributed by atoms with van der Waals surface area (Å²) in [5.74, 6) is -0.357. The zero-order chi connectivity index (χ0) is 11.6. The Morgan fingerprint density at radius 2 is 1.93 bits per heavy atom. The molecule has 0 bridgehead atoms. The number of halogens is 3. The maximum atomic E-state index is 12.3. The molecule has 0 radical (unpaired) electrons. The number of hydrogen-bond donors (Lipinski definition) is 3. The molecule has 0 amide bonds. The van der Waals surface area contributed by atoms with Crippen LogP contribution in [0.15, 0.2) is 18.2 Å². The zero-order valence-electron chi connectivity index (χ0n) is 7.62. The third-order valence-corrected chi connectivity index (χ3v) is 1.95. The smallest absolute Gasteiger partial charge is 0.416 e. The van der Waals surface area contributed by atoms with Gasteiger partial charge in [-0.2, -0.15) is 13.2 Å². The standard InChI is InChI=1S/C9H10F3NO2/c10-9(11,12)5-1-2-8(15)6(3-5)7(13)4-14/h1-3,7,14-15H,4,13H2/t7-/m1/s1. The lowest BCUT2D eigenvalue weighted by Gasteiger charge is -2.13. The lowest BCUT2D eigenvalue weighted by atomic mass is 10.0. The fraction of sp³-hybridized carbons (Fsp3) is 0.333. The van der Waals surface area contributed by atoms with Crippen LogP contribution in [0.25, 0.3) is 0 Å². The first kappa shape index (κ1) is 11.8. The van der Waals surface area contributed by atoms with Crippen LogP contribution >= 0.6 is 0 Å². The zero-order valence-corrected chi connectivity index (χ0v) is 7.62. The van der Waals surface area contributed by atoms with Crippen molar-refractivity contribution in [3.63, 3.8) is 0 Å². The van der Waals surface area contributed by atoms with Gasteiger partial charge >= 0.3 is 6.18 Å². The van der Waals surface area contributed by atoms with Gasteiger partial charge in [0, 0.05) is 5.56 Å². The van der Waals surface area contributed by atoms with Gasteiger partial charge in [-0.25, -0.2) is 0 Å². The first-order valence-electron chi connectivity index (χ1n) is 4.13. The van der Waals surface area contributed by atoms with Crippen LogP contribution in [0.2, 0.25) is 0 Å². The summed E-state index contributed by atoms with van der Waals surface area (Å²) < 4.78 is 36.8. The molecule has 1 aromatic carbocycles. The van der Waals surface area contributed by atoms with Crippen molar-refractivity contribution in [2.45, 2.75) is 12.2 Å². The topological polar surface area (TPSA) is 66.5 Å². The average Bonchev–Trinajstić information content (AvgIpc) is 2.15. The highest BCUT2D eigenvalue weighted by molar-refractivity contribution is 5.39. The minimum absolute atomic E-state index is 0.118. The van der Waals surface area contributed by atoms with Crippen molar-refractivity contribution in [2.24, 2.45) is 5.73 Å². The molecule has 4 N–H and O–H groups in total. The highest BCUT2D eigenvalue weighted by atomic mass is 19.4. The first-order chi connectivity index (χ1) is 6.86. The summed E-state index contributed by atoms with van der Waals surface area (Å²) in [4.78, 5) is 0. The lowest BCUT2D eigenvalue weighted by Crippen LogP contribution is -2.16. The van der Waals surface area contributed by atoms with Gasteiger partial charge in [-0.05, 0) is 18.2 Å². The molecule has 3 nitrogen and oxygen atoms in total. The molecule has 0 fully saturated rings. The molecule has 84 valence electrons. The molecule has 0 heterocycles. The van der Waals surface area contributed by atoms with E-state index >= 15 is 0 Å². The van der Waals surface area contributed by atoms with Gasteiger partial charge in [0.1, 0.15) is 5.75 Å². The first-order valence-corrected chi connectivity index (χ1v) is 4.13. The van der Waals surface area contributed by atoms with Gasteiger partial charge in [-0.15, -0.1) is 0 Å². The molecule has 1 atom stereocenters. The van der Waals surface area contributed by atoms with Crippen LogP contribution in [0.1, 0.15) is 17.2 Å². The average molecular weight is 221 g/mol. The van der Waals surface area contributed by atoms with E-state index in [1.807, 2.05) is 0 Å². The van der Waals surface area contributed by atoms with Gasteiger partial charge in [0.25, 0.3) is 0 Å². The number of rotatable bonds is 2. The van der Waals surface area contributed by atoms with Crippen LogP contribution in [0.4, 0.5) is 13.2 Å². The molecule has 1 rings (SSSR count). The summed E-state index contributed by atoms with van der Waals surface area (Å²) in [6.07, 6.45) is -4.49. The van der Waals surface area contributed by atoms with Crippen LogP contribution in [-0.4, -0.2) is 16.8 Å². The van der Waals surface area contributed by atoms with E-state index in [0.717, 1.165) is 18.2 Å². The Morgan fingerprint density at radius 3 is 2.40 bits per heavy atom. The van der Waals surface area contributed by atoms with Gasteiger partial charge in [-0.3, -0.25) is 0 Å². The van der Waals surface area contributed by atoms with Crippen LogP contribution in [0.5, 0.6) is 5.75 Å². The Hall–Kier alpha value is -1.27. The monoisotopic (exact) mass is 221 g/mol. The molecule has 0 aromatic heterocycles. The maximum Gasteiger partial charge on any atom is 0.416 e. The second kappa shape index (κ2) is 4.08. The number of hydrogen-bond acceptors (Lipinski definition) is 3. The lowest BCUT2D eigenvalue weighted by molar-refractivity contribution is -0.137. The van der Waals surface area contributed by atoms with Crippen molar-refractivity contribution < 1.29 is 23.4 Å². The quantitative estimate of drug-likeness (QED) is 0.707. The molecular formula is C9H10F3NO2. The molecule has 6 heteroatoms. The summed E-state index contributed by atoms with van der Waals surface area (Å²) in [7, 11) is 0. The maximum absolute atomic E-state index is 12.3. The van der Waals surface area contributed by atoms with E-state index in [2.05, 4.69) is 0 Å². The largest absolute Gasteiger partial charge is 0.508 e. The van der Waals surface area contributed by atoms with Crippen molar-refractivity contribution in [2.75, 3.05) is 6.61 Å². The predicted octanol–water partition coefficient (Wildman–Crippen LogP) is 1.40. The number of aromatic hydroxyl groups is 1. The molecule has 0 aliphatic carbocycles. The summed E-state index contributed by atoms with van der Waals surface area (Å²) in [5.41, 5.74) is 4.31. The van der Waals surface area contributed by atoms with E-state index in [0.29, 0.717) is 0 Å². The van der Waals surface area contributed by atoms with Gasteiger partial charge in [0.2, 0.25) is 0 Å². The van der Waals surface area contributed by atoms with E-state index < -0.39 is 24.4 Å². The summed E-state index contributed by atoms with van der Waals surface area (Å²) in [6.45, 7) is -0.533. The fourth-order valence-corrected chi connectivity index (χ4v) is 1.13. The normalized spacial score (nSPS) is 13.9. The summed E-state index contributed by atoms with van der Waals surface area (Å²) in [6, 6.07) is 1.37. The Kier molecular flexibility index (Phi) is 3.21. The van der Waals surface area contributed by atoms with Crippen molar-refractivity contribution >= 4 is 0 Å². The molecule has 0 unspecified atom stereocenters. The van der Waals surface area contributed by atoms with Crippen molar-refractivity contribution in [1.29, 1.82) is 0 Å². The number of phenolic OH excluding ortho intramolecular Hbond substituents is 1. The van der Waals surface area contributed by atoms with E-state index in [9.17, 15) is 18.3 Å². The van der Waals surface area contributed by atoms with Gasteiger partial charge in [-0.1, -0.05) is 0 Å². The Labute approximate surface area is 84.0 Å². The number of aliphatic hydroxyl groups is 1. The summed E-state index contributed by atoms with van der Waals surface area (Å²) >= 11 is 0. The number of phenols is 1. The van der Waals surface area contributed by atoms with Crippen molar-refractivity contribution in [3.8, 4) is 5.75 Å². The third kappa shape index (κ3) is 2.60. The van der Waals surface area contributed by atoms with Gasteiger partial charge in [0.15, 0.2) is 0 Å². The van der Waals surface area contributed by atoms with Crippen molar-refractivity contribution in [1.82, 2.24) is 0 Å². The van der Waals surface area contributed by atoms with E-state index in [4.69, 9.17) is 10.8 Å². The summed E-state index contributed by atoms with van der Waals surface area (Å²) in [5, 5.41) is 17.9. The molecule has 0 aliphatic rings. The number of nitrogens with two attached hydrogens (primary N) is 1. The Morgan fingerprint density at radius 1 is 1.33 bits per heavy atom. The molecule has 0 saturated heterocycles. The highest BCUT2D eigenvalue weighted by Gasteiger charge is 2.31. The fourth-order valence-electron chi connectivity index (χ4n) is 1.13. The molecule has 0 spiro atoms. The SMILES string of the molecule is N[C@H](CO)c1cc(C(F)(F)F)ccc1O.